The highest BCUT2D eigenvalue weighted by atomic mass is 32.1. The van der Waals surface area contributed by atoms with Crippen molar-refractivity contribution >= 4 is 32.7 Å². The third-order valence-electron chi connectivity index (χ3n) is 2.42. The minimum Gasteiger partial charge on any atom is -0.481 e. The molecule has 2 N–H and O–H groups in total. The van der Waals surface area contributed by atoms with Gasteiger partial charge < -0.3 is 10.4 Å². The Hall–Kier alpha value is -1.62. The molecule has 1 unspecified atom stereocenters. The average molecular weight is 250 g/mol. The number of carbonyl (C=O) groups is 1. The van der Waals surface area contributed by atoms with Crippen molar-refractivity contribution in [3.05, 3.63) is 24.3 Å². The minimum absolute atomic E-state index is 0.0968. The van der Waals surface area contributed by atoms with E-state index in [-0.39, 0.29) is 12.3 Å². The molecule has 1 aromatic carbocycles. The van der Waals surface area contributed by atoms with E-state index < -0.39 is 5.97 Å². The van der Waals surface area contributed by atoms with Crippen molar-refractivity contribution in [2.24, 2.45) is 5.92 Å². The molecule has 0 aliphatic rings. The van der Waals surface area contributed by atoms with Crippen LogP contribution in [-0.2, 0) is 4.79 Å². The summed E-state index contributed by atoms with van der Waals surface area (Å²) in [5.74, 6) is -0.664. The maximum absolute atomic E-state index is 10.5. The molecule has 5 heteroatoms. The highest BCUT2D eigenvalue weighted by Crippen LogP contribution is 2.25. The highest BCUT2D eigenvalue weighted by Gasteiger charge is 2.08. The second-order valence-electron chi connectivity index (χ2n) is 4.07. The molecule has 2 aromatic rings. The quantitative estimate of drug-likeness (QED) is 0.856. The molecule has 0 radical (unpaired) electrons. The van der Waals surface area contributed by atoms with Crippen LogP contribution in [0.4, 0.5) is 5.13 Å². The fraction of sp³-hybridized carbons (Fsp3) is 0.333. The molecule has 90 valence electrons. The first-order chi connectivity index (χ1) is 8.15. The lowest BCUT2D eigenvalue weighted by Crippen LogP contribution is -2.14. The Morgan fingerprint density at radius 2 is 2.29 bits per heavy atom. The maximum atomic E-state index is 10.5. The molecule has 1 aromatic heterocycles. The van der Waals surface area contributed by atoms with Crippen LogP contribution in [0.2, 0.25) is 0 Å². The molecular weight excluding hydrogens is 236 g/mol. The summed E-state index contributed by atoms with van der Waals surface area (Å²) >= 11 is 1.59. The van der Waals surface area contributed by atoms with Crippen molar-refractivity contribution in [2.45, 2.75) is 13.3 Å². The molecule has 2 rings (SSSR count). The predicted molar refractivity (Wildman–Crippen MR) is 69.5 cm³/mol. The molecule has 1 heterocycles. The van der Waals surface area contributed by atoms with Gasteiger partial charge in [-0.1, -0.05) is 30.4 Å². The van der Waals surface area contributed by atoms with E-state index in [9.17, 15) is 4.79 Å². The second kappa shape index (κ2) is 5.14. The number of hydrogen-bond acceptors (Lipinski definition) is 4. The zero-order chi connectivity index (χ0) is 12.3. The number of nitrogens with zero attached hydrogens (tertiary/aromatic N) is 1. The van der Waals surface area contributed by atoms with Crippen LogP contribution in [0.3, 0.4) is 0 Å². The number of rotatable bonds is 5. The van der Waals surface area contributed by atoms with Crippen molar-refractivity contribution in [3.8, 4) is 0 Å². The van der Waals surface area contributed by atoms with Gasteiger partial charge in [0.25, 0.3) is 0 Å². The largest absolute Gasteiger partial charge is 0.481 e. The number of hydrogen-bond donors (Lipinski definition) is 2. The number of aromatic nitrogens is 1. The van der Waals surface area contributed by atoms with E-state index in [0.717, 1.165) is 15.3 Å². The van der Waals surface area contributed by atoms with Gasteiger partial charge in [0.05, 0.1) is 10.2 Å². The highest BCUT2D eigenvalue weighted by molar-refractivity contribution is 7.22. The predicted octanol–water partition coefficient (Wildman–Crippen LogP) is 2.82. The number of thiazole rings is 1. The Balaban J connectivity index is 1.97. The summed E-state index contributed by atoms with van der Waals surface area (Å²) in [7, 11) is 0. The second-order valence-corrected chi connectivity index (χ2v) is 5.10. The van der Waals surface area contributed by atoms with Crippen molar-refractivity contribution in [1.82, 2.24) is 4.98 Å². The Labute approximate surface area is 103 Å². The monoisotopic (exact) mass is 250 g/mol. The number of carboxylic acids is 1. The minimum atomic E-state index is -0.761. The topological polar surface area (TPSA) is 62.2 Å². The number of para-hydroxylation sites is 1. The summed E-state index contributed by atoms with van der Waals surface area (Å²) in [6.07, 6.45) is 0.178. The fourth-order valence-electron chi connectivity index (χ4n) is 1.58. The molecule has 1 atom stereocenters. The third kappa shape index (κ3) is 3.17. The fourth-order valence-corrected chi connectivity index (χ4v) is 2.45. The van der Waals surface area contributed by atoms with Crippen molar-refractivity contribution in [2.75, 3.05) is 11.9 Å². The Kier molecular flexibility index (Phi) is 3.58. The molecule has 17 heavy (non-hydrogen) atoms. The van der Waals surface area contributed by atoms with E-state index in [0.29, 0.717) is 6.54 Å². The standard InChI is InChI=1S/C12H14N2O2S/c1-8(6-11(15)16)7-13-12-14-9-4-2-3-5-10(9)17-12/h2-5,8H,6-7H2,1H3,(H,13,14)(H,15,16). The SMILES string of the molecule is CC(CNc1nc2ccccc2s1)CC(=O)O. The zero-order valence-corrected chi connectivity index (χ0v) is 10.3. The van der Waals surface area contributed by atoms with Gasteiger partial charge in [0.2, 0.25) is 0 Å². The van der Waals surface area contributed by atoms with Gasteiger partial charge in [-0.15, -0.1) is 0 Å². The van der Waals surface area contributed by atoms with Gasteiger partial charge in [0.15, 0.2) is 5.13 Å². The molecule has 0 saturated heterocycles. The number of aliphatic carboxylic acids is 1. The van der Waals surface area contributed by atoms with E-state index in [4.69, 9.17) is 5.11 Å². The summed E-state index contributed by atoms with van der Waals surface area (Å²) in [5, 5.41) is 12.7. The Morgan fingerprint density at radius 3 is 3.00 bits per heavy atom. The molecule has 0 bridgehead atoms. The van der Waals surface area contributed by atoms with E-state index >= 15 is 0 Å². The van der Waals surface area contributed by atoms with Crippen LogP contribution in [0.5, 0.6) is 0 Å². The molecule has 0 spiro atoms. The first-order valence-electron chi connectivity index (χ1n) is 5.46. The number of carboxylic acid groups (broad SMARTS) is 1. The van der Waals surface area contributed by atoms with Crippen molar-refractivity contribution in [3.63, 3.8) is 0 Å². The molecule has 0 fully saturated rings. The third-order valence-corrected chi connectivity index (χ3v) is 3.41. The lowest BCUT2D eigenvalue weighted by Gasteiger charge is -2.08. The van der Waals surface area contributed by atoms with Gasteiger partial charge in [-0.2, -0.15) is 0 Å². The van der Waals surface area contributed by atoms with Gasteiger partial charge in [-0.25, -0.2) is 4.98 Å². The van der Waals surface area contributed by atoms with Crippen molar-refractivity contribution < 1.29 is 9.90 Å². The van der Waals surface area contributed by atoms with Gasteiger partial charge in [0.1, 0.15) is 0 Å². The van der Waals surface area contributed by atoms with Gasteiger partial charge in [0, 0.05) is 13.0 Å². The molecule has 0 aliphatic heterocycles. The van der Waals surface area contributed by atoms with E-state index in [1.807, 2.05) is 31.2 Å². The number of benzene rings is 1. The van der Waals surface area contributed by atoms with Crippen LogP contribution >= 0.6 is 11.3 Å². The zero-order valence-electron chi connectivity index (χ0n) is 9.51. The summed E-state index contributed by atoms with van der Waals surface area (Å²) in [4.78, 5) is 14.9. The van der Waals surface area contributed by atoms with Gasteiger partial charge in [-0.05, 0) is 18.1 Å². The van der Waals surface area contributed by atoms with Crippen LogP contribution in [0.25, 0.3) is 10.2 Å². The first-order valence-corrected chi connectivity index (χ1v) is 6.28. The normalized spacial score (nSPS) is 12.5. The van der Waals surface area contributed by atoms with Crippen LogP contribution in [0.15, 0.2) is 24.3 Å². The summed E-state index contributed by atoms with van der Waals surface area (Å²) in [6.45, 7) is 2.54. The number of fused-ring (bicyclic) bond motifs is 1. The van der Waals surface area contributed by atoms with E-state index in [1.165, 1.54) is 0 Å². The van der Waals surface area contributed by atoms with Gasteiger partial charge in [-0.3, -0.25) is 4.79 Å². The van der Waals surface area contributed by atoms with E-state index in [2.05, 4.69) is 10.3 Å². The number of anilines is 1. The molecule has 0 saturated carbocycles. The molecule has 4 nitrogen and oxygen atoms in total. The smallest absolute Gasteiger partial charge is 0.303 e. The van der Waals surface area contributed by atoms with Gasteiger partial charge >= 0.3 is 5.97 Å². The van der Waals surface area contributed by atoms with Crippen LogP contribution in [0.1, 0.15) is 13.3 Å². The summed E-state index contributed by atoms with van der Waals surface area (Å²) in [6, 6.07) is 7.94. The summed E-state index contributed by atoms with van der Waals surface area (Å²) in [5.41, 5.74) is 0.978. The van der Waals surface area contributed by atoms with Crippen LogP contribution < -0.4 is 5.32 Å². The van der Waals surface area contributed by atoms with Crippen molar-refractivity contribution in [1.29, 1.82) is 0 Å². The molecule has 0 amide bonds. The molecule has 0 aliphatic carbocycles. The van der Waals surface area contributed by atoms with Crippen LogP contribution in [0, 0.1) is 5.92 Å². The lowest BCUT2D eigenvalue weighted by atomic mass is 10.1. The van der Waals surface area contributed by atoms with E-state index in [1.54, 1.807) is 11.3 Å². The number of nitrogens with one attached hydrogen (secondary N) is 1. The average Bonchev–Trinajstić information content (AvgIpc) is 2.68. The molecular formula is C12H14N2O2S. The maximum Gasteiger partial charge on any atom is 0.303 e. The Morgan fingerprint density at radius 1 is 1.53 bits per heavy atom. The van der Waals surface area contributed by atoms with Crippen LogP contribution in [-0.4, -0.2) is 22.6 Å². The Bertz CT molecular complexity index is 491. The summed E-state index contributed by atoms with van der Waals surface area (Å²) < 4.78 is 1.14. The first kappa shape index (κ1) is 11.9. The lowest BCUT2D eigenvalue weighted by molar-refractivity contribution is -0.137.